The van der Waals surface area contributed by atoms with Gasteiger partial charge in [-0.2, -0.15) is 0 Å². The van der Waals surface area contributed by atoms with Crippen molar-refractivity contribution in [3.63, 3.8) is 0 Å². The number of nitrogens with one attached hydrogen (secondary N) is 1. The molecule has 28 heavy (non-hydrogen) atoms. The van der Waals surface area contributed by atoms with E-state index in [1.54, 1.807) is 42.3 Å². The molecule has 3 amide bonds. The Morgan fingerprint density at radius 2 is 1.93 bits per heavy atom. The van der Waals surface area contributed by atoms with Gasteiger partial charge in [-0.15, -0.1) is 11.3 Å². The SMILES string of the molecule is CN(CC(=O)Nc1cc(Cl)ccc1C(=O)N1CCCC1)C(=O)c1ccc(Br)s1. The van der Waals surface area contributed by atoms with Crippen LogP contribution in [0.3, 0.4) is 0 Å². The number of likely N-dealkylation sites (N-methyl/N-ethyl adjacent to an activating group) is 1. The Kier molecular flexibility index (Phi) is 6.74. The first kappa shape index (κ1) is 20.8. The van der Waals surface area contributed by atoms with E-state index in [0.717, 1.165) is 16.6 Å². The zero-order valence-electron chi connectivity index (χ0n) is 15.2. The van der Waals surface area contributed by atoms with E-state index < -0.39 is 5.91 Å². The number of rotatable bonds is 5. The zero-order valence-corrected chi connectivity index (χ0v) is 18.4. The third-order valence-corrected chi connectivity index (χ3v) is 6.24. The van der Waals surface area contributed by atoms with Crippen molar-refractivity contribution in [3.8, 4) is 0 Å². The molecule has 148 valence electrons. The number of nitrogens with zero attached hydrogens (tertiary/aromatic N) is 2. The molecule has 1 aliphatic rings. The first-order valence-electron chi connectivity index (χ1n) is 8.74. The third kappa shape index (κ3) is 4.92. The van der Waals surface area contributed by atoms with E-state index in [-0.39, 0.29) is 18.4 Å². The summed E-state index contributed by atoms with van der Waals surface area (Å²) in [5, 5.41) is 3.15. The monoisotopic (exact) mass is 483 g/mol. The van der Waals surface area contributed by atoms with E-state index in [2.05, 4.69) is 21.2 Å². The van der Waals surface area contributed by atoms with Gasteiger partial charge in [-0.1, -0.05) is 11.6 Å². The van der Waals surface area contributed by atoms with Crippen LogP contribution in [0.5, 0.6) is 0 Å². The normalized spacial score (nSPS) is 13.5. The van der Waals surface area contributed by atoms with E-state index in [4.69, 9.17) is 11.6 Å². The Hall–Kier alpha value is -1.90. The summed E-state index contributed by atoms with van der Waals surface area (Å²) in [6.45, 7) is 1.28. The third-order valence-electron chi connectivity index (χ3n) is 4.39. The summed E-state index contributed by atoms with van der Waals surface area (Å²) in [5.41, 5.74) is 0.755. The van der Waals surface area contributed by atoms with Gasteiger partial charge in [-0.05, 0) is 59.1 Å². The number of hydrogen-bond acceptors (Lipinski definition) is 4. The molecular formula is C19H19BrClN3O3S. The van der Waals surface area contributed by atoms with E-state index in [0.29, 0.717) is 34.2 Å². The maximum Gasteiger partial charge on any atom is 0.264 e. The molecule has 1 fully saturated rings. The van der Waals surface area contributed by atoms with Crippen molar-refractivity contribution in [1.29, 1.82) is 0 Å². The molecule has 0 unspecified atom stereocenters. The van der Waals surface area contributed by atoms with Crippen LogP contribution in [0.4, 0.5) is 5.69 Å². The number of hydrogen-bond donors (Lipinski definition) is 1. The van der Waals surface area contributed by atoms with E-state index in [1.807, 2.05) is 0 Å². The fourth-order valence-electron chi connectivity index (χ4n) is 2.99. The summed E-state index contributed by atoms with van der Waals surface area (Å²) >= 11 is 10.7. The highest BCUT2D eigenvalue weighted by atomic mass is 79.9. The maximum absolute atomic E-state index is 12.7. The van der Waals surface area contributed by atoms with Crippen LogP contribution in [-0.4, -0.2) is 54.2 Å². The van der Waals surface area contributed by atoms with E-state index >= 15 is 0 Å². The summed E-state index contributed by atoms with van der Waals surface area (Å²) in [7, 11) is 1.56. The number of carbonyl (C=O) groups is 3. The van der Waals surface area contributed by atoms with Gasteiger partial charge in [0.2, 0.25) is 5.91 Å². The van der Waals surface area contributed by atoms with Crippen LogP contribution in [0.2, 0.25) is 5.02 Å². The minimum absolute atomic E-state index is 0.127. The lowest BCUT2D eigenvalue weighted by molar-refractivity contribution is -0.116. The van der Waals surface area contributed by atoms with Crippen LogP contribution >= 0.6 is 38.9 Å². The summed E-state index contributed by atoms with van der Waals surface area (Å²) < 4.78 is 0.845. The maximum atomic E-state index is 12.7. The minimum Gasteiger partial charge on any atom is -0.339 e. The standard InChI is InChI=1S/C19H19BrClN3O3S/c1-23(19(27)15-6-7-16(20)28-15)11-17(25)22-14-10-12(21)4-5-13(14)18(26)24-8-2-3-9-24/h4-7,10H,2-3,8-9,11H2,1H3,(H,22,25). The summed E-state index contributed by atoms with van der Waals surface area (Å²) in [6, 6.07) is 8.30. The highest BCUT2D eigenvalue weighted by Crippen LogP contribution is 2.25. The van der Waals surface area contributed by atoms with Crippen molar-refractivity contribution in [2.24, 2.45) is 0 Å². The number of carbonyl (C=O) groups excluding carboxylic acids is 3. The lowest BCUT2D eigenvalue weighted by atomic mass is 10.1. The molecule has 1 N–H and O–H groups in total. The van der Waals surface area contributed by atoms with Gasteiger partial charge in [0.15, 0.2) is 0 Å². The van der Waals surface area contributed by atoms with Gasteiger partial charge >= 0.3 is 0 Å². The van der Waals surface area contributed by atoms with Crippen molar-refractivity contribution in [3.05, 3.63) is 49.6 Å². The molecule has 6 nitrogen and oxygen atoms in total. The Labute approximate surface area is 180 Å². The molecule has 0 radical (unpaired) electrons. The Morgan fingerprint density at radius 3 is 2.57 bits per heavy atom. The molecular weight excluding hydrogens is 466 g/mol. The van der Waals surface area contributed by atoms with Crippen molar-refractivity contribution in [2.75, 3.05) is 32.0 Å². The van der Waals surface area contributed by atoms with Crippen LogP contribution < -0.4 is 5.32 Å². The molecule has 0 bridgehead atoms. The fourth-order valence-corrected chi connectivity index (χ4v) is 4.54. The lowest BCUT2D eigenvalue weighted by Gasteiger charge is -2.19. The highest BCUT2D eigenvalue weighted by molar-refractivity contribution is 9.11. The molecule has 0 atom stereocenters. The summed E-state index contributed by atoms with van der Waals surface area (Å²) in [6.07, 6.45) is 1.96. The second kappa shape index (κ2) is 9.07. The largest absolute Gasteiger partial charge is 0.339 e. The van der Waals surface area contributed by atoms with Gasteiger partial charge in [0.25, 0.3) is 11.8 Å². The van der Waals surface area contributed by atoms with Crippen LogP contribution in [0, 0.1) is 0 Å². The lowest BCUT2D eigenvalue weighted by Crippen LogP contribution is -2.35. The van der Waals surface area contributed by atoms with Gasteiger partial charge in [0.1, 0.15) is 0 Å². The zero-order chi connectivity index (χ0) is 20.3. The molecule has 9 heteroatoms. The van der Waals surface area contributed by atoms with Crippen molar-refractivity contribution >= 4 is 62.3 Å². The smallest absolute Gasteiger partial charge is 0.264 e. The van der Waals surface area contributed by atoms with Gasteiger partial charge in [-0.3, -0.25) is 14.4 Å². The van der Waals surface area contributed by atoms with Crippen molar-refractivity contribution < 1.29 is 14.4 Å². The number of amides is 3. The van der Waals surface area contributed by atoms with Gasteiger partial charge in [0.05, 0.1) is 26.5 Å². The molecule has 1 saturated heterocycles. The predicted molar refractivity (Wildman–Crippen MR) is 114 cm³/mol. The molecule has 1 aliphatic heterocycles. The van der Waals surface area contributed by atoms with E-state index in [9.17, 15) is 14.4 Å². The van der Waals surface area contributed by atoms with Crippen molar-refractivity contribution in [1.82, 2.24) is 9.80 Å². The van der Waals surface area contributed by atoms with Crippen LogP contribution in [-0.2, 0) is 4.79 Å². The van der Waals surface area contributed by atoms with Crippen molar-refractivity contribution in [2.45, 2.75) is 12.8 Å². The number of anilines is 1. The van der Waals surface area contributed by atoms with Crippen LogP contribution in [0.1, 0.15) is 32.9 Å². The number of likely N-dealkylation sites (tertiary alicyclic amines) is 1. The number of thiophene rings is 1. The van der Waals surface area contributed by atoms with Gasteiger partial charge in [-0.25, -0.2) is 0 Å². The Balaban J connectivity index is 1.70. The average Bonchev–Trinajstić information content (AvgIpc) is 3.32. The molecule has 2 heterocycles. The second-order valence-electron chi connectivity index (χ2n) is 6.50. The number of benzene rings is 1. The first-order chi connectivity index (χ1) is 13.3. The summed E-state index contributed by atoms with van der Waals surface area (Å²) in [5.74, 6) is -0.771. The van der Waals surface area contributed by atoms with Gasteiger partial charge < -0.3 is 15.1 Å². The molecule has 1 aromatic heterocycles. The molecule has 0 aliphatic carbocycles. The molecule has 1 aromatic carbocycles. The summed E-state index contributed by atoms with van der Waals surface area (Å²) in [4.78, 5) is 41.3. The predicted octanol–water partition coefficient (Wildman–Crippen LogP) is 4.11. The number of halogens is 2. The van der Waals surface area contributed by atoms with Crippen LogP contribution in [0.15, 0.2) is 34.1 Å². The second-order valence-corrected chi connectivity index (χ2v) is 9.40. The quantitative estimate of drug-likeness (QED) is 0.694. The minimum atomic E-state index is -0.399. The Bertz CT molecular complexity index is 912. The molecule has 2 aromatic rings. The highest BCUT2D eigenvalue weighted by Gasteiger charge is 2.23. The first-order valence-corrected chi connectivity index (χ1v) is 10.7. The van der Waals surface area contributed by atoms with Gasteiger partial charge in [0, 0.05) is 25.2 Å². The molecule has 0 saturated carbocycles. The van der Waals surface area contributed by atoms with Crippen LogP contribution in [0.25, 0.3) is 0 Å². The molecule has 0 spiro atoms. The fraction of sp³-hybridized carbons (Fsp3) is 0.316. The average molecular weight is 485 g/mol. The Morgan fingerprint density at radius 1 is 1.21 bits per heavy atom. The van der Waals surface area contributed by atoms with E-state index in [1.165, 1.54) is 16.2 Å². The molecule has 3 rings (SSSR count). The topological polar surface area (TPSA) is 69.7 Å².